The Morgan fingerprint density at radius 1 is 1.22 bits per heavy atom. The molecule has 3 nitrogen and oxygen atoms in total. The number of rotatable bonds is 5. The van der Waals surface area contributed by atoms with Gasteiger partial charge in [-0.2, -0.15) is 0 Å². The van der Waals surface area contributed by atoms with Crippen molar-refractivity contribution in [3.63, 3.8) is 0 Å². The first-order valence-corrected chi connectivity index (χ1v) is 9.21. The molecule has 2 aromatic rings. The van der Waals surface area contributed by atoms with Crippen LogP contribution in [-0.2, 0) is 6.54 Å². The Morgan fingerprint density at radius 2 is 1.96 bits per heavy atom. The molecule has 3 rings (SSSR count). The normalized spacial score (nSPS) is 16.2. The van der Waals surface area contributed by atoms with Gasteiger partial charge in [0.05, 0.1) is 6.04 Å². The second-order valence-corrected chi connectivity index (χ2v) is 7.31. The van der Waals surface area contributed by atoms with E-state index >= 15 is 0 Å². The summed E-state index contributed by atoms with van der Waals surface area (Å²) >= 11 is 1.74. The second kappa shape index (κ2) is 7.64. The first-order chi connectivity index (χ1) is 11.2. The molecule has 4 heteroatoms. The van der Waals surface area contributed by atoms with Crippen LogP contribution >= 0.6 is 11.3 Å². The van der Waals surface area contributed by atoms with Gasteiger partial charge in [-0.25, -0.2) is 4.79 Å². The molecule has 0 bridgehead atoms. The second-order valence-electron chi connectivity index (χ2n) is 6.33. The van der Waals surface area contributed by atoms with Gasteiger partial charge in [-0.05, 0) is 35.8 Å². The summed E-state index contributed by atoms with van der Waals surface area (Å²) in [4.78, 5) is 15.7. The molecule has 23 heavy (non-hydrogen) atoms. The standard InChI is InChI=1S/C19H24N2OS/c1-21(14-15-8-3-2-4-9-15)19(22)20-18(16-10-5-6-11-16)17-12-7-13-23-17/h2-4,7-9,12-13,16,18H,5-6,10-11,14H2,1H3,(H,20,22). The first kappa shape index (κ1) is 16.1. The summed E-state index contributed by atoms with van der Waals surface area (Å²) in [5.74, 6) is 0.572. The third kappa shape index (κ3) is 4.14. The van der Waals surface area contributed by atoms with Gasteiger partial charge in [0, 0.05) is 18.5 Å². The molecular formula is C19H24N2OS. The van der Waals surface area contributed by atoms with E-state index in [9.17, 15) is 4.79 Å². The Hall–Kier alpha value is -1.81. The third-order valence-corrected chi connectivity index (χ3v) is 5.56. The molecular weight excluding hydrogens is 304 g/mol. The highest BCUT2D eigenvalue weighted by Gasteiger charge is 2.29. The highest BCUT2D eigenvalue weighted by molar-refractivity contribution is 7.10. The van der Waals surface area contributed by atoms with E-state index in [-0.39, 0.29) is 12.1 Å². The van der Waals surface area contributed by atoms with Gasteiger partial charge in [0.1, 0.15) is 0 Å². The maximum atomic E-state index is 12.6. The maximum absolute atomic E-state index is 12.6. The molecule has 1 fully saturated rings. The van der Waals surface area contributed by atoms with Gasteiger partial charge in [-0.15, -0.1) is 11.3 Å². The summed E-state index contributed by atoms with van der Waals surface area (Å²) in [7, 11) is 1.86. The van der Waals surface area contributed by atoms with E-state index in [1.165, 1.54) is 30.6 Å². The Kier molecular flexibility index (Phi) is 5.34. The lowest BCUT2D eigenvalue weighted by Gasteiger charge is -2.27. The molecule has 1 aliphatic rings. The van der Waals surface area contributed by atoms with Crippen molar-refractivity contribution in [2.75, 3.05) is 7.05 Å². The molecule has 1 aliphatic carbocycles. The number of carbonyl (C=O) groups is 1. The lowest BCUT2D eigenvalue weighted by molar-refractivity contribution is 0.197. The van der Waals surface area contributed by atoms with Crippen molar-refractivity contribution in [3.8, 4) is 0 Å². The molecule has 1 unspecified atom stereocenters. The van der Waals surface area contributed by atoms with Gasteiger partial charge in [0.25, 0.3) is 0 Å². The zero-order valence-corrected chi connectivity index (χ0v) is 14.4. The molecule has 0 radical (unpaired) electrons. The predicted molar refractivity (Wildman–Crippen MR) is 95.5 cm³/mol. The van der Waals surface area contributed by atoms with Crippen LogP contribution in [0.15, 0.2) is 47.8 Å². The fourth-order valence-electron chi connectivity index (χ4n) is 3.35. The summed E-state index contributed by atoms with van der Waals surface area (Å²) in [5.41, 5.74) is 1.15. The Labute approximate surface area is 142 Å². The number of carbonyl (C=O) groups excluding carboxylic acids is 1. The van der Waals surface area contributed by atoms with Crippen LogP contribution in [-0.4, -0.2) is 18.0 Å². The van der Waals surface area contributed by atoms with Crippen molar-refractivity contribution in [1.29, 1.82) is 0 Å². The maximum Gasteiger partial charge on any atom is 0.317 e. The average Bonchev–Trinajstić information content (AvgIpc) is 3.27. The van der Waals surface area contributed by atoms with E-state index in [0.717, 1.165) is 5.56 Å². The quantitative estimate of drug-likeness (QED) is 0.838. The number of thiophene rings is 1. The number of nitrogens with zero attached hydrogens (tertiary/aromatic N) is 1. The largest absolute Gasteiger partial charge is 0.330 e. The van der Waals surface area contributed by atoms with E-state index in [4.69, 9.17) is 0 Å². The summed E-state index contributed by atoms with van der Waals surface area (Å²) in [6.45, 7) is 0.633. The zero-order chi connectivity index (χ0) is 16.1. The van der Waals surface area contributed by atoms with E-state index < -0.39 is 0 Å². The minimum absolute atomic E-state index is 0.0131. The van der Waals surface area contributed by atoms with Crippen LogP contribution in [0, 0.1) is 5.92 Å². The third-order valence-electron chi connectivity index (χ3n) is 4.61. The molecule has 0 aliphatic heterocycles. The van der Waals surface area contributed by atoms with Crippen LogP contribution < -0.4 is 5.32 Å². The number of amides is 2. The van der Waals surface area contributed by atoms with Crippen molar-refractivity contribution in [3.05, 3.63) is 58.3 Å². The van der Waals surface area contributed by atoms with Crippen molar-refractivity contribution in [2.24, 2.45) is 5.92 Å². The van der Waals surface area contributed by atoms with Crippen molar-refractivity contribution in [2.45, 2.75) is 38.3 Å². The van der Waals surface area contributed by atoms with Gasteiger partial charge in [0.2, 0.25) is 0 Å². The van der Waals surface area contributed by atoms with Crippen LogP contribution in [0.5, 0.6) is 0 Å². The van der Waals surface area contributed by atoms with Crippen LogP contribution in [0.2, 0.25) is 0 Å². The number of hydrogen-bond acceptors (Lipinski definition) is 2. The monoisotopic (exact) mass is 328 g/mol. The highest BCUT2D eigenvalue weighted by atomic mass is 32.1. The van der Waals surface area contributed by atoms with Crippen molar-refractivity contribution >= 4 is 17.4 Å². The number of hydrogen-bond donors (Lipinski definition) is 1. The molecule has 122 valence electrons. The van der Waals surface area contributed by atoms with E-state index in [1.807, 2.05) is 25.2 Å². The molecule has 1 aromatic carbocycles. The zero-order valence-electron chi connectivity index (χ0n) is 13.6. The number of benzene rings is 1. The fourth-order valence-corrected chi connectivity index (χ4v) is 4.22. The van der Waals surface area contributed by atoms with E-state index in [2.05, 4.69) is 35.0 Å². The molecule has 1 saturated carbocycles. The molecule has 0 saturated heterocycles. The molecule has 0 spiro atoms. The summed E-state index contributed by atoms with van der Waals surface area (Å²) < 4.78 is 0. The van der Waals surface area contributed by atoms with Gasteiger partial charge in [-0.3, -0.25) is 0 Å². The first-order valence-electron chi connectivity index (χ1n) is 8.33. The van der Waals surface area contributed by atoms with Crippen LogP contribution in [0.4, 0.5) is 4.79 Å². The molecule has 2 amide bonds. The number of urea groups is 1. The van der Waals surface area contributed by atoms with Crippen LogP contribution in [0.25, 0.3) is 0 Å². The summed E-state index contributed by atoms with van der Waals surface area (Å²) in [6, 6.07) is 14.5. The van der Waals surface area contributed by atoms with Crippen LogP contribution in [0.3, 0.4) is 0 Å². The van der Waals surface area contributed by atoms with E-state index in [0.29, 0.717) is 12.5 Å². The Bertz CT molecular complexity index is 606. The van der Waals surface area contributed by atoms with Gasteiger partial charge < -0.3 is 10.2 Å². The fraction of sp³-hybridized carbons (Fsp3) is 0.421. The molecule has 1 N–H and O–H groups in total. The average molecular weight is 328 g/mol. The molecule has 1 heterocycles. The lowest BCUT2D eigenvalue weighted by Crippen LogP contribution is -2.40. The summed E-state index contributed by atoms with van der Waals surface area (Å²) in [5, 5.41) is 5.37. The lowest BCUT2D eigenvalue weighted by atomic mass is 9.97. The predicted octanol–water partition coefficient (Wildman–Crippen LogP) is 4.82. The minimum Gasteiger partial charge on any atom is -0.330 e. The SMILES string of the molecule is CN(Cc1ccccc1)C(=O)NC(c1cccs1)C1CCCC1. The van der Waals surface area contributed by atoms with Gasteiger partial charge >= 0.3 is 6.03 Å². The topological polar surface area (TPSA) is 32.3 Å². The van der Waals surface area contributed by atoms with Crippen LogP contribution in [0.1, 0.15) is 42.2 Å². The minimum atomic E-state index is 0.0131. The number of nitrogens with one attached hydrogen (secondary N) is 1. The molecule has 1 aromatic heterocycles. The van der Waals surface area contributed by atoms with Crippen molar-refractivity contribution in [1.82, 2.24) is 10.2 Å². The van der Waals surface area contributed by atoms with Gasteiger partial charge in [-0.1, -0.05) is 49.2 Å². The Morgan fingerprint density at radius 3 is 2.61 bits per heavy atom. The smallest absolute Gasteiger partial charge is 0.317 e. The highest BCUT2D eigenvalue weighted by Crippen LogP contribution is 2.37. The Balaban J connectivity index is 1.65. The molecule has 1 atom stereocenters. The van der Waals surface area contributed by atoms with Gasteiger partial charge in [0.15, 0.2) is 0 Å². The van der Waals surface area contributed by atoms with Crippen molar-refractivity contribution < 1.29 is 4.79 Å². The summed E-state index contributed by atoms with van der Waals surface area (Å²) in [6.07, 6.45) is 4.99. The van der Waals surface area contributed by atoms with E-state index in [1.54, 1.807) is 16.2 Å².